The van der Waals surface area contributed by atoms with E-state index in [4.69, 9.17) is 23.4 Å². The van der Waals surface area contributed by atoms with Crippen molar-refractivity contribution >= 4 is 18.7 Å². The Morgan fingerprint density at radius 2 is 1.27 bits per heavy atom. The molecule has 4 rings (SSSR count). The highest BCUT2D eigenvalue weighted by Crippen LogP contribution is 2.43. The number of ether oxygens (including phenoxy) is 4. The Labute approximate surface area is 250 Å². The molecule has 2 aliphatic rings. The molecule has 7 atom stereocenters. The van der Waals surface area contributed by atoms with E-state index < -0.39 is 19.9 Å². The van der Waals surface area contributed by atoms with Crippen LogP contribution in [0.5, 0.6) is 0 Å². The second-order valence-electron chi connectivity index (χ2n) is 14.5. The number of hydrogen-bond acceptors (Lipinski definition) is 5. The molecule has 0 radical (unpaired) electrons. The van der Waals surface area contributed by atoms with E-state index in [1.807, 2.05) is 27.7 Å². The van der Waals surface area contributed by atoms with Gasteiger partial charge in [-0.15, -0.1) is 0 Å². The highest BCUT2D eigenvalue weighted by molar-refractivity contribution is 6.99. The highest BCUT2D eigenvalue weighted by atomic mass is 28.4. The standard InChI is InChI=1S/C35H54O5Si/c1-24-22-36-34(8,9)38-30(24)26(3)32-27(4)31(39-35(10,11)40-32)25(2)23-37-41(33(5,6)7,28-18-14-12-15-19-28)29-20-16-13-17-21-29/h12-21,24-27,30-32H,22-23H2,1-11H3/t24-,25+,26+,27-,30-,31+,32+/m0/s1. The van der Waals surface area contributed by atoms with Gasteiger partial charge in [-0.2, -0.15) is 0 Å². The van der Waals surface area contributed by atoms with E-state index >= 15 is 0 Å². The Morgan fingerprint density at radius 1 is 0.780 bits per heavy atom. The van der Waals surface area contributed by atoms with E-state index in [2.05, 4.69) is 109 Å². The maximum atomic E-state index is 7.33. The summed E-state index contributed by atoms with van der Waals surface area (Å²) in [6.07, 6.45) is 0.0115. The topological polar surface area (TPSA) is 46.2 Å². The van der Waals surface area contributed by atoms with E-state index in [-0.39, 0.29) is 47.0 Å². The van der Waals surface area contributed by atoms with Gasteiger partial charge >= 0.3 is 0 Å². The van der Waals surface area contributed by atoms with E-state index in [0.717, 1.165) is 0 Å². The fraction of sp³-hybridized carbons (Fsp3) is 0.657. The maximum Gasteiger partial charge on any atom is 0.261 e. The third kappa shape index (κ3) is 6.84. The van der Waals surface area contributed by atoms with Crippen molar-refractivity contribution in [2.75, 3.05) is 13.2 Å². The first-order valence-electron chi connectivity index (χ1n) is 15.5. The maximum absolute atomic E-state index is 7.33. The van der Waals surface area contributed by atoms with E-state index in [0.29, 0.717) is 13.2 Å². The molecule has 6 heteroatoms. The molecule has 228 valence electrons. The van der Waals surface area contributed by atoms with Crippen LogP contribution in [0.4, 0.5) is 0 Å². The second-order valence-corrected chi connectivity index (χ2v) is 18.8. The van der Waals surface area contributed by atoms with Gasteiger partial charge in [-0.3, -0.25) is 0 Å². The van der Waals surface area contributed by atoms with Gasteiger partial charge in [0, 0.05) is 30.3 Å². The molecule has 0 saturated carbocycles. The fourth-order valence-corrected chi connectivity index (χ4v) is 11.8. The van der Waals surface area contributed by atoms with Gasteiger partial charge in [0.15, 0.2) is 11.6 Å². The lowest BCUT2D eigenvalue weighted by atomic mass is 9.78. The van der Waals surface area contributed by atoms with Gasteiger partial charge in [-0.25, -0.2) is 0 Å². The van der Waals surface area contributed by atoms with Crippen LogP contribution in [0, 0.1) is 23.7 Å². The third-order valence-electron chi connectivity index (χ3n) is 9.13. The zero-order valence-electron chi connectivity index (χ0n) is 27.3. The van der Waals surface area contributed by atoms with Crippen molar-refractivity contribution in [3.8, 4) is 0 Å². The summed E-state index contributed by atoms with van der Waals surface area (Å²) < 4.78 is 33.1. The Morgan fingerprint density at radius 3 is 1.78 bits per heavy atom. The average Bonchev–Trinajstić information content (AvgIpc) is 2.91. The summed E-state index contributed by atoms with van der Waals surface area (Å²) in [7, 11) is -2.64. The van der Waals surface area contributed by atoms with Crippen LogP contribution in [0.25, 0.3) is 0 Å². The molecule has 0 aromatic heterocycles. The minimum atomic E-state index is -2.64. The fourth-order valence-electron chi connectivity index (χ4n) is 7.14. The summed E-state index contributed by atoms with van der Waals surface area (Å²) >= 11 is 0. The molecule has 41 heavy (non-hydrogen) atoms. The largest absolute Gasteiger partial charge is 0.407 e. The van der Waals surface area contributed by atoms with Crippen LogP contribution in [0.2, 0.25) is 5.04 Å². The highest BCUT2D eigenvalue weighted by Gasteiger charge is 2.52. The van der Waals surface area contributed by atoms with Crippen molar-refractivity contribution in [2.24, 2.45) is 23.7 Å². The summed E-state index contributed by atoms with van der Waals surface area (Å²) in [5.74, 6) is -0.503. The quantitative estimate of drug-likeness (QED) is 0.321. The van der Waals surface area contributed by atoms with Crippen molar-refractivity contribution in [2.45, 2.75) is 111 Å². The molecular formula is C35H54O5Si. The predicted octanol–water partition coefficient (Wildman–Crippen LogP) is 6.78. The molecule has 2 saturated heterocycles. The number of hydrogen-bond donors (Lipinski definition) is 0. The summed E-state index contributed by atoms with van der Waals surface area (Å²) in [5, 5.41) is 2.52. The van der Waals surface area contributed by atoms with Crippen molar-refractivity contribution in [3.05, 3.63) is 60.7 Å². The smallest absolute Gasteiger partial charge is 0.261 e. The lowest BCUT2D eigenvalue weighted by Crippen LogP contribution is -2.67. The number of rotatable bonds is 8. The molecule has 0 N–H and O–H groups in total. The van der Waals surface area contributed by atoms with Crippen molar-refractivity contribution in [1.82, 2.24) is 0 Å². The molecular weight excluding hydrogens is 528 g/mol. The van der Waals surface area contributed by atoms with Crippen LogP contribution in [-0.2, 0) is 23.4 Å². The monoisotopic (exact) mass is 582 g/mol. The van der Waals surface area contributed by atoms with Crippen LogP contribution >= 0.6 is 0 Å². The third-order valence-corrected chi connectivity index (χ3v) is 14.1. The summed E-state index contributed by atoms with van der Waals surface area (Å²) in [6.45, 7) is 25.4. The summed E-state index contributed by atoms with van der Waals surface area (Å²) in [5.41, 5.74) is 0. The Bertz CT molecular complexity index is 1070. The Hall–Kier alpha value is -1.54. The van der Waals surface area contributed by atoms with Gasteiger partial charge in [0.25, 0.3) is 8.32 Å². The lowest BCUT2D eigenvalue weighted by Gasteiger charge is -2.52. The molecule has 2 heterocycles. The van der Waals surface area contributed by atoms with Crippen LogP contribution in [0.3, 0.4) is 0 Å². The first kappa shape index (κ1) is 32.4. The van der Waals surface area contributed by atoms with E-state index in [1.54, 1.807) is 0 Å². The molecule has 2 aromatic rings. The molecule has 2 aromatic carbocycles. The van der Waals surface area contributed by atoms with Crippen molar-refractivity contribution in [3.63, 3.8) is 0 Å². The number of benzene rings is 2. The summed E-state index contributed by atoms with van der Waals surface area (Å²) in [6, 6.07) is 21.7. The zero-order valence-corrected chi connectivity index (χ0v) is 28.3. The zero-order chi connectivity index (χ0) is 30.2. The van der Waals surface area contributed by atoms with Crippen molar-refractivity contribution in [1.29, 1.82) is 0 Å². The first-order chi connectivity index (χ1) is 19.1. The normalized spacial score (nSPS) is 30.0. The van der Waals surface area contributed by atoms with Gasteiger partial charge in [0.1, 0.15) is 0 Å². The van der Waals surface area contributed by atoms with Crippen molar-refractivity contribution < 1.29 is 23.4 Å². The molecule has 0 bridgehead atoms. The van der Waals surface area contributed by atoms with Crippen LogP contribution < -0.4 is 10.4 Å². The molecule has 5 nitrogen and oxygen atoms in total. The first-order valence-corrected chi connectivity index (χ1v) is 17.4. The van der Waals surface area contributed by atoms with E-state index in [1.165, 1.54) is 10.4 Å². The van der Waals surface area contributed by atoms with Crippen LogP contribution in [0.1, 0.15) is 76.2 Å². The molecule has 0 amide bonds. The van der Waals surface area contributed by atoms with Gasteiger partial charge in [-0.1, -0.05) is 109 Å². The predicted molar refractivity (Wildman–Crippen MR) is 169 cm³/mol. The second kappa shape index (κ2) is 12.2. The van der Waals surface area contributed by atoms with Crippen LogP contribution in [-0.4, -0.2) is 51.4 Å². The lowest BCUT2D eigenvalue weighted by molar-refractivity contribution is -0.354. The summed E-state index contributed by atoms with van der Waals surface area (Å²) in [4.78, 5) is 0. The Balaban J connectivity index is 1.61. The van der Waals surface area contributed by atoms with Gasteiger partial charge < -0.3 is 23.4 Å². The van der Waals surface area contributed by atoms with Gasteiger partial charge in [0.05, 0.1) is 24.9 Å². The molecule has 2 aliphatic heterocycles. The molecule has 0 spiro atoms. The van der Waals surface area contributed by atoms with Gasteiger partial charge in [0.2, 0.25) is 0 Å². The van der Waals surface area contributed by atoms with Crippen LogP contribution in [0.15, 0.2) is 60.7 Å². The SMILES string of the molecule is C[C@@H]1[C@@H]([C@H](C)[C@H]2OC(C)(C)OC[C@@H]2C)OC(C)(C)O[C@@H]1[C@H](C)CO[Si](c1ccccc1)(c1ccccc1)C(C)(C)C. The molecule has 0 unspecified atom stereocenters. The Kier molecular flexibility index (Phi) is 9.65. The van der Waals surface area contributed by atoms with E-state index in [9.17, 15) is 0 Å². The molecule has 2 fully saturated rings. The average molecular weight is 583 g/mol. The minimum Gasteiger partial charge on any atom is -0.407 e. The van der Waals surface area contributed by atoms with Gasteiger partial charge in [-0.05, 0) is 43.1 Å². The minimum absolute atomic E-state index is 0.0135. The molecule has 0 aliphatic carbocycles.